The molecule has 3 aromatic rings. The van der Waals surface area contributed by atoms with E-state index >= 15 is 0 Å². The highest BCUT2D eigenvalue weighted by Crippen LogP contribution is 2.37. The predicted octanol–water partition coefficient (Wildman–Crippen LogP) is 4.45. The molecule has 2 heterocycles. The third kappa shape index (κ3) is 4.30. The molecule has 1 amide bonds. The quantitative estimate of drug-likeness (QED) is 0.446. The highest BCUT2D eigenvalue weighted by molar-refractivity contribution is 5.84. The van der Waals surface area contributed by atoms with Crippen LogP contribution in [0.1, 0.15) is 61.6 Å². The lowest BCUT2D eigenvalue weighted by Crippen LogP contribution is -2.35. The van der Waals surface area contributed by atoms with E-state index in [2.05, 4.69) is 28.2 Å². The average molecular weight is 433 g/mol. The summed E-state index contributed by atoms with van der Waals surface area (Å²) in [4.78, 5) is 15.2. The van der Waals surface area contributed by atoms with Crippen molar-refractivity contribution >= 4 is 16.8 Å². The third-order valence-corrected chi connectivity index (χ3v) is 7.42. The van der Waals surface area contributed by atoms with Gasteiger partial charge in [-0.3, -0.25) is 14.7 Å². The predicted molar refractivity (Wildman–Crippen MR) is 125 cm³/mol. The van der Waals surface area contributed by atoms with Crippen molar-refractivity contribution in [2.24, 2.45) is 0 Å². The number of carbonyl (C=O) groups is 1. The van der Waals surface area contributed by atoms with Crippen molar-refractivity contribution < 1.29 is 10.0 Å². The number of nitrogens with one attached hydrogen (secondary N) is 1. The number of rotatable bonds is 6. The van der Waals surface area contributed by atoms with E-state index in [1.165, 1.54) is 57.2 Å². The lowest BCUT2D eigenvalue weighted by atomic mass is 9.81. The van der Waals surface area contributed by atoms with Gasteiger partial charge in [0.05, 0.1) is 11.7 Å². The van der Waals surface area contributed by atoms with Crippen molar-refractivity contribution in [1.82, 2.24) is 20.2 Å². The minimum atomic E-state index is -0.610. The number of hydroxylamine groups is 1. The summed E-state index contributed by atoms with van der Waals surface area (Å²) in [7, 11) is 0. The zero-order chi connectivity index (χ0) is 21.9. The van der Waals surface area contributed by atoms with Crippen LogP contribution in [0.3, 0.4) is 0 Å². The van der Waals surface area contributed by atoms with Crippen LogP contribution >= 0.6 is 0 Å². The molecule has 1 aliphatic carbocycles. The zero-order valence-electron chi connectivity index (χ0n) is 18.5. The molecule has 2 fully saturated rings. The maximum Gasteiger partial charge on any atom is 0.268 e. The van der Waals surface area contributed by atoms with E-state index in [0.717, 1.165) is 22.5 Å². The molecular formula is C26H32N4O2. The summed E-state index contributed by atoms with van der Waals surface area (Å²) in [5.74, 6) is 0.144. The van der Waals surface area contributed by atoms with E-state index in [1.807, 2.05) is 42.0 Å². The summed E-state index contributed by atoms with van der Waals surface area (Å²) in [6.45, 7) is 2.57. The number of likely N-dealkylation sites (tertiary alicyclic amines) is 1. The molecule has 1 unspecified atom stereocenters. The van der Waals surface area contributed by atoms with Gasteiger partial charge in [0.1, 0.15) is 6.04 Å². The highest BCUT2D eigenvalue weighted by atomic mass is 16.5. The lowest BCUT2D eigenvalue weighted by Gasteiger charge is -2.34. The normalized spacial score (nSPS) is 22.8. The van der Waals surface area contributed by atoms with Gasteiger partial charge < -0.3 is 4.90 Å². The Kier molecular flexibility index (Phi) is 6.23. The first-order valence-corrected chi connectivity index (χ1v) is 11.9. The van der Waals surface area contributed by atoms with E-state index in [9.17, 15) is 10.0 Å². The summed E-state index contributed by atoms with van der Waals surface area (Å²) in [6.07, 6.45) is 10.1. The van der Waals surface area contributed by atoms with Gasteiger partial charge in [0.2, 0.25) is 0 Å². The number of hydrogen-bond donors (Lipinski definition) is 2. The SMILES string of the molecule is O=C(NO)C(Cc1ccccc1)n1ncc2cc(C3CCC(N4CCCC4)CC3)ccc21. The van der Waals surface area contributed by atoms with Crippen LogP contribution in [0.25, 0.3) is 10.9 Å². The fourth-order valence-corrected chi connectivity index (χ4v) is 5.66. The summed E-state index contributed by atoms with van der Waals surface area (Å²) >= 11 is 0. The van der Waals surface area contributed by atoms with Crippen molar-refractivity contribution in [2.75, 3.05) is 13.1 Å². The van der Waals surface area contributed by atoms with Gasteiger partial charge >= 0.3 is 0 Å². The van der Waals surface area contributed by atoms with Gasteiger partial charge in [-0.25, -0.2) is 5.48 Å². The molecule has 0 bridgehead atoms. The zero-order valence-corrected chi connectivity index (χ0v) is 18.5. The summed E-state index contributed by atoms with van der Waals surface area (Å²) < 4.78 is 1.74. The van der Waals surface area contributed by atoms with Crippen molar-refractivity contribution in [2.45, 2.75) is 62.9 Å². The molecule has 0 radical (unpaired) electrons. The summed E-state index contributed by atoms with van der Waals surface area (Å²) in [6, 6.07) is 16.5. The van der Waals surface area contributed by atoms with Gasteiger partial charge in [-0.1, -0.05) is 36.4 Å². The second kappa shape index (κ2) is 9.43. The summed E-state index contributed by atoms with van der Waals surface area (Å²) in [5, 5.41) is 14.9. The first-order valence-electron chi connectivity index (χ1n) is 11.9. The monoisotopic (exact) mass is 432 g/mol. The van der Waals surface area contributed by atoms with E-state index in [4.69, 9.17) is 0 Å². The van der Waals surface area contributed by atoms with Crippen LogP contribution in [0.4, 0.5) is 0 Å². The maximum atomic E-state index is 12.5. The van der Waals surface area contributed by atoms with Crippen molar-refractivity contribution in [3.05, 3.63) is 65.9 Å². The van der Waals surface area contributed by atoms with Crippen LogP contribution in [0.5, 0.6) is 0 Å². The number of fused-ring (bicyclic) bond motifs is 1. The van der Waals surface area contributed by atoms with Gasteiger partial charge in [0, 0.05) is 17.8 Å². The van der Waals surface area contributed by atoms with Crippen LogP contribution in [-0.4, -0.2) is 44.9 Å². The Hall–Kier alpha value is -2.70. The fourth-order valence-electron chi connectivity index (χ4n) is 5.66. The smallest absolute Gasteiger partial charge is 0.268 e. The Bertz CT molecular complexity index is 1050. The Morgan fingerprint density at radius 3 is 2.53 bits per heavy atom. The van der Waals surface area contributed by atoms with Gasteiger partial charge in [-0.2, -0.15) is 5.10 Å². The number of aromatic nitrogens is 2. The van der Waals surface area contributed by atoms with Crippen molar-refractivity contribution in [3.8, 4) is 0 Å². The van der Waals surface area contributed by atoms with Gasteiger partial charge in [-0.05, 0) is 80.8 Å². The van der Waals surface area contributed by atoms with Crippen molar-refractivity contribution in [1.29, 1.82) is 0 Å². The van der Waals surface area contributed by atoms with Crippen LogP contribution in [0.2, 0.25) is 0 Å². The minimum Gasteiger partial charge on any atom is -0.300 e. The second-order valence-corrected chi connectivity index (χ2v) is 9.34. The number of amides is 1. The largest absolute Gasteiger partial charge is 0.300 e. The van der Waals surface area contributed by atoms with Crippen LogP contribution in [-0.2, 0) is 11.2 Å². The molecular weight excluding hydrogens is 400 g/mol. The molecule has 1 atom stereocenters. The first-order chi connectivity index (χ1) is 15.7. The van der Waals surface area contributed by atoms with E-state index in [0.29, 0.717) is 12.3 Å². The van der Waals surface area contributed by atoms with Crippen LogP contribution in [0.15, 0.2) is 54.7 Å². The average Bonchev–Trinajstić information content (AvgIpc) is 3.53. The lowest BCUT2D eigenvalue weighted by molar-refractivity contribution is -0.132. The molecule has 168 valence electrons. The Morgan fingerprint density at radius 1 is 1.06 bits per heavy atom. The molecule has 0 spiro atoms. The third-order valence-electron chi connectivity index (χ3n) is 7.42. The highest BCUT2D eigenvalue weighted by Gasteiger charge is 2.29. The van der Waals surface area contributed by atoms with E-state index in [-0.39, 0.29) is 0 Å². The molecule has 2 aromatic carbocycles. The molecule has 6 heteroatoms. The molecule has 1 aliphatic heterocycles. The standard InChI is InChI=1S/C26H32N4O2/c31-26(28-32)25(16-19-6-2-1-3-7-19)30-24-13-10-21(17-22(24)18-27-30)20-8-11-23(12-9-20)29-14-4-5-15-29/h1-3,6-7,10,13,17-18,20,23,25,32H,4-5,8-9,11-12,14-16H2,(H,28,31). The number of carbonyl (C=O) groups excluding carboxylic acids is 1. The number of benzene rings is 2. The Morgan fingerprint density at radius 2 is 1.81 bits per heavy atom. The molecule has 1 saturated heterocycles. The van der Waals surface area contributed by atoms with Gasteiger partial charge in [-0.15, -0.1) is 0 Å². The topological polar surface area (TPSA) is 70.4 Å². The van der Waals surface area contributed by atoms with Gasteiger partial charge in [0.15, 0.2) is 0 Å². The maximum absolute atomic E-state index is 12.5. The fraction of sp³-hybridized carbons (Fsp3) is 0.462. The molecule has 1 saturated carbocycles. The minimum absolute atomic E-state index is 0.455. The van der Waals surface area contributed by atoms with Gasteiger partial charge in [0.25, 0.3) is 5.91 Å². The van der Waals surface area contributed by atoms with E-state index in [1.54, 1.807) is 4.68 Å². The molecule has 6 nitrogen and oxygen atoms in total. The molecule has 32 heavy (non-hydrogen) atoms. The summed E-state index contributed by atoms with van der Waals surface area (Å²) in [5.41, 5.74) is 5.15. The molecule has 2 N–H and O–H groups in total. The number of hydrogen-bond acceptors (Lipinski definition) is 4. The molecule has 2 aliphatic rings. The van der Waals surface area contributed by atoms with Crippen LogP contribution in [0, 0.1) is 0 Å². The first kappa shape index (κ1) is 21.2. The van der Waals surface area contributed by atoms with E-state index < -0.39 is 11.9 Å². The number of nitrogens with zero attached hydrogens (tertiary/aromatic N) is 3. The molecule has 5 rings (SSSR count). The molecule has 1 aromatic heterocycles. The van der Waals surface area contributed by atoms with Crippen molar-refractivity contribution in [3.63, 3.8) is 0 Å². The Balaban J connectivity index is 1.34. The Labute approximate surface area is 189 Å². The second-order valence-electron chi connectivity index (χ2n) is 9.34. The van der Waals surface area contributed by atoms with Crippen LogP contribution < -0.4 is 5.48 Å².